The average Bonchev–Trinajstić information content (AvgIpc) is 3.48. The lowest BCUT2D eigenvalue weighted by Gasteiger charge is -2.17. The number of ether oxygens (including phenoxy) is 5. The number of hydrogen-bond acceptors (Lipinski definition) is 10. The lowest BCUT2D eigenvalue weighted by atomic mass is 10.2. The van der Waals surface area contributed by atoms with Gasteiger partial charge in [-0.2, -0.15) is 0 Å². The first kappa shape index (κ1) is 20.3. The lowest BCUT2D eigenvalue weighted by Crippen LogP contribution is -2.32. The monoisotopic (exact) mass is 426 g/mol. The molecule has 29 heavy (non-hydrogen) atoms. The highest BCUT2D eigenvalue weighted by molar-refractivity contribution is 7.91. The van der Waals surface area contributed by atoms with Crippen molar-refractivity contribution in [3.63, 3.8) is 0 Å². The summed E-state index contributed by atoms with van der Waals surface area (Å²) >= 11 is 0. The Labute approximate surface area is 167 Å². The Morgan fingerprint density at radius 1 is 1.10 bits per heavy atom. The first-order valence-electron chi connectivity index (χ1n) is 9.18. The summed E-state index contributed by atoms with van der Waals surface area (Å²) in [5.41, 5.74) is 0.668. The van der Waals surface area contributed by atoms with E-state index in [4.69, 9.17) is 23.7 Å². The maximum atomic E-state index is 12.8. The van der Waals surface area contributed by atoms with E-state index in [0.717, 1.165) is 0 Å². The molecule has 3 unspecified atom stereocenters. The van der Waals surface area contributed by atoms with E-state index < -0.39 is 15.9 Å². The van der Waals surface area contributed by atoms with Gasteiger partial charge in [0.1, 0.15) is 32.1 Å². The fraction of sp³-hybridized carbons (Fsp3) is 0.588. The molecule has 2 saturated heterocycles. The van der Waals surface area contributed by atoms with Crippen LogP contribution >= 0.6 is 0 Å². The Kier molecular flexibility index (Phi) is 6.47. The molecule has 3 heterocycles. The molecule has 0 spiro atoms. The molecule has 2 fully saturated rings. The largest absolute Gasteiger partial charge is 0.379 e. The molecule has 2 aliphatic heterocycles. The quantitative estimate of drug-likeness (QED) is 0.504. The summed E-state index contributed by atoms with van der Waals surface area (Å²) in [5.74, 6) is -0.165. The van der Waals surface area contributed by atoms with Gasteiger partial charge in [0.05, 0.1) is 35.7 Å². The Balaban J connectivity index is 1.30. The summed E-state index contributed by atoms with van der Waals surface area (Å²) in [5, 5.41) is 10.9. The number of nitrogens with zero attached hydrogens (tertiary/aromatic N) is 4. The maximum absolute atomic E-state index is 12.8. The second-order valence-corrected chi connectivity index (χ2v) is 8.73. The fourth-order valence-corrected chi connectivity index (χ4v) is 4.62. The molecule has 4 rings (SSSR count). The van der Waals surface area contributed by atoms with Gasteiger partial charge in [-0.15, -0.1) is 5.10 Å². The third-order valence-corrected chi connectivity index (χ3v) is 6.47. The molecule has 1 aromatic carbocycles. The van der Waals surface area contributed by atoms with Gasteiger partial charge in [-0.3, -0.25) is 0 Å². The van der Waals surface area contributed by atoms with E-state index in [1.54, 1.807) is 12.1 Å². The van der Waals surface area contributed by atoms with Gasteiger partial charge in [0.25, 0.3) is 0 Å². The molecule has 0 saturated carbocycles. The number of sulfone groups is 1. The second-order valence-electron chi connectivity index (χ2n) is 6.70. The van der Waals surface area contributed by atoms with Gasteiger partial charge in [0.15, 0.2) is 9.84 Å². The molecule has 0 bridgehead atoms. The first-order valence-corrected chi connectivity index (χ1v) is 10.8. The lowest BCUT2D eigenvalue weighted by molar-refractivity contribution is -0.00612. The number of rotatable bonds is 9. The maximum Gasteiger partial charge on any atom is 0.181 e. The van der Waals surface area contributed by atoms with Crippen LogP contribution in [-0.4, -0.2) is 86.1 Å². The predicted molar refractivity (Wildman–Crippen MR) is 96.9 cm³/mol. The van der Waals surface area contributed by atoms with E-state index in [-0.39, 0.29) is 29.6 Å². The van der Waals surface area contributed by atoms with Crippen LogP contribution in [0.2, 0.25) is 0 Å². The van der Waals surface area contributed by atoms with E-state index in [1.165, 1.54) is 23.1 Å². The van der Waals surface area contributed by atoms with E-state index in [0.29, 0.717) is 38.7 Å². The van der Waals surface area contributed by atoms with Crippen molar-refractivity contribution in [3.8, 4) is 5.69 Å². The molecule has 0 amide bonds. The Morgan fingerprint density at radius 2 is 1.93 bits per heavy atom. The van der Waals surface area contributed by atoms with Crippen molar-refractivity contribution >= 4 is 9.84 Å². The zero-order valence-corrected chi connectivity index (χ0v) is 16.4. The normalized spacial score (nSPS) is 24.9. The summed E-state index contributed by atoms with van der Waals surface area (Å²) in [6.45, 7) is 1.75. The van der Waals surface area contributed by atoms with Crippen LogP contribution in [0.25, 0.3) is 5.69 Å². The van der Waals surface area contributed by atoms with E-state index in [1.807, 2.05) is 0 Å². The summed E-state index contributed by atoms with van der Waals surface area (Å²) in [6.07, 6.45) is 1.03. The van der Waals surface area contributed by atoms with Crippen molar-refractivity contribution in [2.24, 2.45) is 0 Å². The molecule has 158 valence electrons. The molecular formula is C17H22N4O7S. The first-order chi connectivity index (χ1) is 14.1. The van der Waals surface area contributed by atoms with Gasteiger partial charge in [-0.25, -0.2) is 13.1 Å². The third kappa shape index (κ3) is 5.15. The van der Waals surface area contributed by atoms with Gasteiger partial charge in [-0.05, 0) is 41.1 Å². The number of tetrazole rings is 1. The van der Waals surface area contributed by atoms with Crippen LogP contribution in [-0.2, 0) is 33.5 Å². The van der Waals surface area contributed by atoms with E-state index in [9.17, 15) is 8.42 Å². The van der Waals surface area contributed by atoms with Crippen LogP contribution in [0.3, 0.4) is 0 Å². The van der Waals surface area contributed by atoms with Crippen molar-refractivity contribution < 1.29 is 32.1 Å². The summed E-state index contributed by atoms with van der Waals surface area (Å²) in [6, 6.07) is 6.36. The van der Waals surface area contributed by atoms with Gasteiger partial charge < -0.3 is 23.7 Å². The van der Waals surface area contributed by atoms with Crippen LogP contribution in [0, 0.1) is 0 Å². The molecule has 3 atom stereocenters. The molecule has 11 nitrogen and oxygen atoms in total. The predicted octanol–water partition coefficient (Wildman–Crippen LogP) is -0.0429. The number of aromatic nitrogens is 4. The van der Waals surface area contributed by atoms with Crippen molar-refractivity contribution in [2.45, 2.75) is 29.6 Å². The van der Waals surface area contributed by atoms with Crippen LogP contribution < -0.4 is 0 Å². The zero-order chi connectivity index (χ0) is 20.1. The van der Waals surface area contributed by atoms with Crippen LogP contribution in [0.1, 0.15) is 6.42 Å². The van der Waals surface area contributed by atoms with E-state index >= 15 is 0 Å². The minimum absolute atomic E-state index is 0.0526. The minimum atomic E-state index is -3.55. The van der Waals surface area contributed by atoms with Crippen molar-refractivity contribution in [3.05, 3.63) is 30.6 Å². The average molecular weight is 426 g/mol. The molecule has 0 N–H and O–H groups in total. The molecule has 12 heteroatoms. The van der Waals surface area contributed by atoms with Crippen molar-refractivity contribution in [1.82, 2.24) is 20.2 Å². The minimum Gasteiger partial charge on any atom is -0.379 e. The highest BCUT2D eigenvalue weighted by Gasteiger charge is 2.34. The van der Waals surface area contributed by atoms with Crippen LogP contribution in [0.15, 0.2) is 35.5 Å². The fourth-order valence-electron chi connectivity index (χ4n) is 3.13. The van der Waals surface area contributed by atoms with Gasteiger partial charge in [0.2, 0.25) is 0 Å². The van der Waals surface area contributed by atoms with Gasteiger partial charge >= 0.3 is 0 Å². The Morgan fingerprint density at radius 3 is 2.66 bits per heavy atom. The Hall–Kier alpha value is -1.96. The number of hydrogen-bond donors (Lipinski definition) is 0. The number of benzene rings is 1. The topological polar surface area (TPSA) is 124 Å². The SMILES string of the molecule is O=S(=O)(CC1OCOC1CCOCC1COCO1)c1ccc(-n2cnnn2)cc1. The standard InChI is InChI=1S/C17H22N4O7S/c22-29(23,15-3-1-13(2-4-15)21-10-18-19-20-21)9-17-16(27-12-28-17)5-6-24-7-14-8-25-11-26-14/h1-4,10,14,16-17H,5-9,11-12H2. The smallest absolute Gasteiger partial charge is 0.181 e. The molecule has 0 aliphatic carbocycles. The Bertz CT molecular complexity index is 870. The molecule has 1 aromatic heterocycles. The second kappa shape index (κ2) is 9.24. The molecule has 2 aliphatic rings. The van der Waals surface area contributed by atoms with Gasteiger partial charge in [0, 0.05) is 6.61 Å². The molecule has 0 radical (unpaired) electrons. The highest BCUT2D eigenvalue weighted by Crippen LogP contribution is 2.22. The van der Waals surface area contributed by atoms with Gasteiger partial charge in [-0.1, -0.05) is 0 Å². The summed E-state index contributed by atoms with van der Waals surface area (Å²) < 4.78 is 54.1. The summed E-state index contributed by atoms with van der Waals surface area (Å²) in [7, 11) is -3.55. The van der Waals surface area contributed by atoms with Crippen LogP contribution in [0.4, 0.5) is 0 Å². The van der Waals surface area contributed by atoms with Crippen molar-refractivity contribution in [1.29, 1.82) is 0 Å². The highest BCUT2D eigenvalue weighted by atomic mass is 32.2. The molecular weight excluding hydrogens is 404 g/mol. The zero-order valence-electron chi connectivity index (χ0n) is 15.6. The third-order valence-electron chi connectivity index (χ3n) is 4.71. The molecule has 2 aromatic rings. The van der Waals surface area contributed by atoms with Crippen LogP contribution in [0.5, 0.6) is 0 Å². The van der Waals surface area contributed by atoms with E-state index in [2.05, 4.69) is 15.5 Å². The summed E-state index contributed by atoms with van der Waals surface area (Å²) in [4.78, 5) is 0.207. The van der Waals surface area contributed by atoms with Crippen molar-refractivity contribution in [2.75, 3.05) is 39.2 Å².